The third-order valence-corrected chi connectivity index (χ3v) is 6.07. The first-order valence-electron chi connectivity index (χ1n) is 7.52. The average Bonchev–Trinajstić information content (AvgIpc) is 2.96. The van der Waals surface area contributed by atoms with Gasteiger partial charge in [-0.1, -0.05) is 12.1 Å². The highest BCUT2D eigenvalue weighted by atomic mass is 79.9. The smallest absolute Gasteiger partial charge is 0.279 e. The molecule has 130 valence electrons. The standard InChI is InChI=1S/C17H17BrN4O2S/c1-12-4-5-13(2)16(8-12)25(23,24)21(3)20-10-15-9-19-17-7-6-14(18)11-22(15)17/h4-11H,1-3H3/b20-10+. The number of benzene rings is 1. The van der Waals surface area contributed by atoms with E-state index in [0.717, 1.165) is 20.1 Å². The maximum atomic E-state index is 12.8. The number of aromatic nitrogens is 2. The molecule has 3 aromatic rings. The topological polar surface area (TPSA) is 67.0 Å². The van der Waals surface area contributed by atoms with E-state index < -0.39 is 10.0 Å². The number of nitrogens with zero attached hydrogens (tertiary/aromatic N) is 4. The maximum Gasteiger partial charge on any atom is 0.279 e. The van der Waals surface area contributed by atoms with Crippen molar-refractivity contribution in [3.8, 4) is 0 Å². The van der Waals surface area contributed by atoms with E-state index in [4.69, 9.17) is 0 Å². The molecule has 0 radical (unpaired) electrons. The molecule has 8 heteroatoms. The summed E-state index contributed by atoms with van der Waals surface area (Å²) < 4.78 is 29.2. The summed E-state index contributed by atoms with van der Waals surface area (Å²) in [6.45, 7) is 3.63. The Morgan fingerprint density at radius 2 is 2.00 bits per heavy atom. The molecule has 0 saturated heterocycles. The molecule has 2 aromatic heterocycles. The Morgan fingerprint density at radius 3 is 2.76 bits per heavy atom. The van der Waals surface area contributed by atoms with Crippen molar-refractivity contribution in [3.05, 3.63) is 64.0 Å². The fourth-order valence-corrected chi connectivity index (χ4v) is 4.00. The maximum absolute atomic E-state index is 12.8. The lowest BCUT2D eigenvalue weighted by atomic mass is 10.2. The van der Waals surface area contributed by atoms with Crippen LogP contribution in [0.2, 0.25) is 0 Å². The molecule has 0 fully saturated rings. The van der Waals surface area contributed by atoms with E-state index >= 15 is 0 Å². The Bertz CT molecular complexity index is 1070. The number of aryl methyl sites for hydroxylation is 2. The van der Waals surface area contributed by atoms with Crippen molar-refractivity contribution in [3.63, 3.8) is 0 Å². The third-order valence-electron chi connectivity index (χ3n) is 3.82. The lowest BCUT2D eigenvalue weighted by Gasteiger charge is -2.15. The van der Waals surface area contributed by atoms with Crippen LogP contribution in [0.25, 0.3) is 5.65 Å². The summed E-state index contributed by atoms with van der Waals surface area (Å²) in [5.74, 6) is 0. The third kappa shape index (κ3) is 3.45. The van der Waals surface area contributed by atoms with E-state index in [2.05, 4.69) is 26.0 Å². The number of imidazole rings is 1. The van der Waals surface area contributed by atoms with E-state index in [1.165, 1.54) is 13.3 Å². The molecule has 0 amide bonds. The van der Waals surface area contributed by atoms with Crippen LogP contribution in [-0.2, 0) is 10.0 Å². The summed E-state index contributed by atoms with van der Waals surface area (Å²) in [5.41, 5.74) is 3.00. The zero-order valence-corrected chi connectivity index (χ0v) is 16.4. The average molecular weight is 421 g/mol. The van der Waals surface area contributed by atoms with Crippen LogP contribution in [0.5, 0.6) is 0 Å². The van der Waals surface area contributed by atoms with Crippen LogP contribution in [0, 0.1) is 13.8 Å². The molecule has 0 saturated carbocycles. The Balaban J connectivity index is 1.95. The molecule has 3 rings (SSSR count). The molecule has 0 atom stereocenters. The van der Waals surface area contributed by atoms with E-state index in [1.807, 2.05) is 35.7 Å². The lowest BCUT2D eigenvalue weighted by molar-refractivity contribution is 0.490. The molecule has 0 aliphatic rings. The van der Waals surface area contributed by atoms with Crippen LogP contribution in [-0.4, -0.2) is 35.5 Å². The Hall–Kier alpha value is -2.19. The molecule has 0 aliphatic carbocycles. The van der Waals surface area contributed by atoms with Crippen LogP contribution in [0.4, 0.5) is 0 Å². The first-order chi connectivity index (χ1) is 11.8. The van der Waals surface area contributed by atoms with Gasteiger partial charge in [0.2, 0.25) is 0 Å². The Labute approximate surface area is 155 Å². The molecule has 2 heterocycles. The van der Waals surface area contributed by atoms with Gasteiger partial charge in [-0.25, -0.2) is 4.98 Å². The number of hydrogen-bond acceptors (Lipinski definition) is 4. The highest BCUT2D eigenvalue weighted by molar-refractivity contribution is 9.10. The van der Waals surface area contributed by atoms with Gasteiger partial charge in [0.25, 0.3) is 10.0 Å². The van der Waals surface area contributed by atoms with Gasteiger partial charge in [0.1, 0.15) is 5.65 Å². The number of rotatable bonds is 4. The number of hydrazone groups is 1. The zero-order chi connectivity index (χ0) is 18.2. The predicted molar refractivity (Wildman–Crippen MR) is 101 cm³/mol. The number of pyridine rings is 1. The van der Waals surface area contributed by atoms with Gasteiger partial charge in [-0.2, -0.15) is 17.9 Å². The van der Waals surface area contributed by atoms with Gasteiger partial charge in [0, 0.05) is 17.7 Å². The van der Waals surface area contributed by atoms with Gasteiger partial charge in [-0.3, -0.25) is 4.40 Å². The van der Waals surface area contributed by atoms with Crippen molar-refractivity contribution in [2.75, 3.05) is 7.05 Å². The molecule has 0 bridgehead atoms. The minimum atomic E-state index is -3.71. The van der Waals surface area contributed by atoms with E-state index in [0.29, 0.717) is 11.3 Å². The van der Waals surface area contributed by atoms with Gasteiger partial charge >= 0.3 is 0 Å². The SMILES string of the molecule is Cc1ccc(C)c(S(=O)(=O)N(C)/N=C/c2cnc3ccc(Br)cn23)c1. The molecule has 0 aliphatic heterocycles. The van der Waals surface area contributed by atoms with E-state index in [1.54, 1.807) is 25.3 Å². The van der Waals surface area contributed by atoms with Gasteiger partial charge in [0.05, 0.1) is 23.0 Å². The fraction of sp³-hybridized carbons (Fsp3) is 0.176. The van der Waals surface area contributed by atoms with Crippen LogP contribution in [0.3, 0.4) is 0 Å². The van der Waals surface area contributed by atoms with E-state index in [-0.39, 0.29) is 4.90 Å². The Morgan fingerprint density at radius 1 is 1.24 bits per heavy atom. The van der Waals surface area contributed by atoms with Crippen molar-refractivity contribution in [2.45, 2.75) is 18.7 Å². The van der Waals surface area contributed by atoms with Crippen molar-refractivity contribution >= 4 is 37.8 Å². The highest BCUT2D eigenvalue weighted by Crippen LogP contribution is 2.20. The normalized spacial score (nSPS) is 12.2. The summed E-state index contributed by atoms with van der Waals surface area (Å²) in [6, 6.07) is 9.08. The molecule has 25 heavy (non-hydrogen) atoms. The molecule has 0 N–H and O–H groups in total. The molecular formula is C17H17BrN4O2S. The first-order valence-corrected chi connectivity index (χ1v) is 9.75. The largest absolute Gasteiger partial charge is 0.298 e. The molecule has 1 aromatic carbocycles. The van der Waals surface area contributed by atoms with Crippen LogP contribution < -0.4 is 0 Å². The molecule has 0 spiro atoms. The second-order valence-electron chi connectivity index (χ2n) is 5.71. The number of fused-ring (bicyclic) bond motifs is 1. The fourth-order valence-electron chi connectivity index (χ4n) is 2.40. The van der Waals surface area contributed by atoms with Gasteiger partial charge < -0.3 is 0 Å². The van der Waals surface area contributed by atoms with Gasteiger partial charge in [0.15, 0.2) is 0 Å². The van der Waals surface area contributed by atoms with Gasteiger partial charge in [-0.15, -0.1) is 0 Å². The second kappa shape index (κ2) is 6.61. The van der Waals surface area contributed by atoms with Crippen LogP contribution in [0.1, 0.15) is 16.8 Å². The molecule has 0 unspecified atom stereocenters. The predicted octanol–water partition coefficient (Wildman–Crippen LogP) is 3.37. The lowest BCUT2D eigenvalue weighted by Crippen LogP contribution is -2.23. The van der Waals surface area contributed by atoms with Crippen LogP contribution >= 0.6 is 15.9 Å². The number of sulfonamides is 1. The summed E-state index contributed by atoms with van der Waals surface area (Å²) in [4.78, 5) is 4.52. The molecule has 6 nitrogen and oxygen atoms in total. The minimum absolute atomic E-state index is 0.257. The van der Waals surface area contributed by atoms with Crippen molar-refractivity contribution in [1.82, 2.24) is 13.8 Å². The van der Waals surface area contributed by atoms with Gasteiger partial charge in [-0.05, 0) is 59.1 Å². The first kappa shape index (κ1) is 17.6. The minimum Gasteiger partial charge on any atom is -0.298 e. The monoisotopic (exact) mass is 420 g/mol. The van der Waals surface area contributed by atoms with Crippen LogP contribution in [0.15, 0.2) is 57.2 Å². The van der Waals surface area contributed by atoms with Crippen molar-refractivity contribution < 1.29 is 8.42 Å². The summed E-state index contributed by atoms with van der Waals surface area (Å²) >= 11 is 3.41. The second-order valence-corrected chi connectivity index (χ2v) is 8.55. The summed E-state index contributed by atoms with van der Waals surface area (Å²) in [5, 5.41) is 4.11. The van der Waals surface area contributed by atoms with E-state index in [9.17, 15) is 8.42 Å². The quantitative estimate of drug-likeness (QED) is 0.479. The zero-order valence-electron chi connectivity index (χ0n) is 14.0. The number of hydrogen-bond donors (Lipinski definition) is 0. The van der Waals surface area contributed by atoms with Crippen molar-refractivity contribution in [2.24, 2.45) is 5.10 Å². The van der Waals surface area contributed by atoms with Crippen molar-refractivity contribution in [1.29, 1.82) is 0 Å². The molecular weight excluding hydrogens is 404 g/mol. The number of halogens is 1. The summed E-state index contributed by atoms with van der Waals surface area (Å²) in [7, 11) is -2.29. The highest BCUT2D eigenvalue weighted by Gasteiger charge is 2.21. The summed E-state index contributed by atoms with van der Waals surface area (Å²) in [6.07, 6.45) is 4.97. The Kier molecular flexibility index (Phi) is 4.66.